The summed E-state index contributed by atoms with van der Waals surface area (Å²) in [6.07, 6.45) is 0.980. The Morgan fingerprint density at radius 1 is 0.795 bits per heavy atom. The van der Waals surface area contributed by atoms with Crippen LogP contribution in [0.25, 0.3) is 0 Å². The highest BCUT2D eigenvalue weighted by Crippen LogP contribution is 2.40. The van der Waals surface area contributed by atoms with E-state index >= 15 is 0 Å². The zero-order valence-electron chi connectivity index (χ0n) is 24.1. The first kappa shape index (κ1) is 29.6. The summed E-state index contributed by atoms with van der Waals surface area (Å²) < 4.78 is 12.6. The quantitative estimate of drug-likeness (QED) is 0.248. The number of amides is 2. The SMILES string of the molecule is COc1cc(OC)c(NC(=O)c2ccc(N3CC4CC(C3)c3cccc(=O)n3C4)c(NC(=O)c3ccccc3Cl)c2)cc1Cl. The number of anilines is 3. The predicted octanol–water partition coefficient (Wildman–Crippen LogP) is 6.30. The number of benzene rings is 3. The maximum atomic E-state index is 13.5. The molecule has 2 unspecified atom stereocenters. The molecular formula is C33H30Cl2N4O5. The van der Waals surface area contributed by atoms with E-state index in [0.717, 1.165) is 17.8 Å². The molecule has 0 spiro atoms. The van der Waals surface area contributed by atoms with Crippen molar-refractivity contribution in [1.29, 1.82) is 0 Å². The van der Waals surface area contributed by atoms with Gasteiger partial charge in [0.25, 0.3) is 17.4 Å². The van der Waals surface area contributed by atoms with E-state index in [1.807, 2.05) is 16.7 Å². The van der Waals surface area contributed by atoms with Crippen LogP contribution in [0.4, 0.5) is 17.1 Å². The summed E-state index contributed by atoms with van der Waals surface area (Å²) >= 11 is 12.7. The lowest BCUT2D eigenvalue weighted by molar-refractivity contribution is 0.101. The van der Waals surface area contributed by atoms with E-state index in [0.29, 0.717) is 63.7 Å². The van der Waals surface area contributed by atoms with Gasteiger partial charge in [0, 0.05) is 48.9 Å². The van der Waals surface area contributed by atoms with E-state index in [9.17, 15) is 14.4 Å². The molecule has 1 aromatic heterocycles. The van der Waals surface area contributed by atoms with Gasteiger partial charge in [-0.05, 0) is 54.8 Å². The Morgan fingerprint density at radius 3 is 2.34 bits per heavy atom. The second-order valence-electron chi connectivity index (χ2n) is 10.9. The average Bonchev–Trinajstić information content (AvgIpc) is 3.02. The molecule has 2 atom stereocenters. The van der Waals surface area contributed by atoms with Gasteiger partial charge in [0.05, 0.1) is 46.9 Å². The number of halogens is 2. The number of pyridine rings is 1. The Labute approximate surface area is 264 Å². The fraction of sp³-hybridized carbons (Fsp3) is 0.242. The topological polar surface area (TPSA) is 102 Å². The van der Waals surface area contributed by atoms with Crippen LogP contribution in [0, 0.1) is 5.92 Å². The summed E-state index contributed by atoms with van der Waals surface area (Å²) in [7, 11) is 2.98. The van der Waals surface area contributed by atoms with Gasteiger partial charge in [-0.2, -0.15) is 0 Å². The number of methoxy groups -OCH3 is 2. The molecule has 0 radical (unpaired) electrons. The van der Waals surface area contributed by atoms with Gasteiger partial charge in [0.15, 0.2) is 0 Å². The molecule has 2 N–H and O–H groups in total. The minimum Gasteiger partial charge on any atom is -0.495 e. The molecular weight excluding hydrogens is 603 g/mol. The van der Waals surface area contributed by atoms with Crippen molar-refractivity contribution in [2.24, 2.45) is 5.92 Å². The van der Waals surface area contributed by atoms with Crippen LogP contribution in [0.2, 0.25) is 10.0 Å². The van der Waals surface area contributed by atoms with Gasteiger partial charge in [-0.3, -0.25) is 14.4 Å². The smallest absolute Gasteiger partial charge is 0.257 e. The van der Waals surface area contributed by atoms with Crippen molar-refractivity contribution in [3.8, 4) is 11.5 Å². The largest absolute Gasteiger partial charge is 0.495 e. The molecule has 2 aliphatic rings. The molecule has 9 nitrogen and oxygen atoms in total. The summed E-state index contributed by atoms with van der Waals surface area (Å²) in [6.45, 7) is 1.98. The number of nitrogens with zero attached hydrogens (tertiary/aromatic N) is 2. The molecule has 1 saturated heterocycles. The van der Waals surface area contributed by atoms with Crippen molar-refractivity contribution in [3.63, 3.8) is 0 Å². The molecule has 1 fully saturated rings. The molecule has 0 saturated carbocycles. The van der Waals surface area contributed by atoms with Crippen LogP contribution in [-0.2, 0) is 6.54 Å². The highest BCUT2D eigenvalue weighted by Gasteiger charge is 2.35. The highest BCUT2D eigenvalue weighted by atomic mass is 35.5. The molecule has 2 aliphatic heterocycles. The summed E-state index contributed by atoms with van der Waals surface area (Å²) in [6, 6.07) is 20.6. The zero-order chi connectivity index (χ0) is 31.0. The molecule has 2 bridgehead atoms. The number of aromatic nitrogens is 1. The van der Waals surface area contributed by atoms with E-state index in [1.165, 1.54) is 14.2 Å². The predicted molar refractivity (Wildman–Crippen MR) is 172 cm³/mol. The number of carbonyl (C=O) groups excluding carboxylic acids is 2. The molecule has 4 aromatic rings. The van der Waals surface area contributed by atoms with Crippen LogP contribution in [0.5, 0.6) is 11.5 Å². The van der Waals surface area contributed by atoms with Crippen molar-refractivity contribution in [2.45, 2.75) is 18.9 Å². The van der Waals surface area contributed by atoms with Gasteiger partial charge in [-0.15, -0.1) is 0 Å². The van der Waals surface area contributed by atoms with Crippen LogP contribution >= 0.6 is 23.2 Å². The molecule has 226 valence electrons. The molecule has 3 aromatic carbocycles. The number of ether oxygens (including phenoxy) is 2. The Balaban J connectivity index is 1.34. The van der Waals surface area contributed by atoms with Crippen molar-refractivity contribution >= 4 is 52.1 Å². The summed E-state index contributed by atoms with van der Waals surface area (Å²) in [5.74, 6) is 0.375. The summed E-state index contributed by atoms with van der Waals surface area (Å²) in [5, 5.41) is 6.49. The van der Waals surface area contributed by atoms with E-state index in [4.69, 9.17) is 32.7 Å². The van der Waals surface area contributed by atoms with Crippen molar-refractivity contribution in [2.75, 3.05) is 42.8 Å². The van der Waals surface area contributed by atoms with E-state index in [-0.39, 0.29) is 17.4 Å². The number of hydrogen-bond donors (Lipinski definition) is 2. The van der Waals surface area contributed by atoms with E-state index in [1.54, 1.807) is 60.7 Å². The molecule has 0 aliphatic carbocycles. The third-order valence-electron chi connectivity index (χ3n) is 8.17. The maximum absolute atomic E-state index is 13.5. The Bertz CT molecular complexity index is 1820. The molecule has 6 rings (SSSR count). The fourth-order valence-corrected chi connectivity index (χ4v) is 6.60. The van der Waals surface area contributed by atoms with Crippen LogP contribution in [0.3, 0.4) is 0 Å². The number of rotatable bonds is 7. The van der Waals surface area contributed by atoms with E-state index < -0.39 is 11.8 Å². The van der Waals surface area contributed by atoms with Crippen molar-refractivity contribution < 1.29 is 19.1 Å². The molecule has 2 amide bonds. The monoisotopic (exact) mass is 632 g/mol. The third kappa shape index (κ3) is 5.73. The Morgan fingerprint density at radius 2 is 1.57 bits per heavy atom. The number of carbonyl (C=O) groups is 2. The first-order chi connectivity index (χ1) is 21.2. The Kier molecular flexibility index (Phi) is 8.25. The second kappa shape index (κ2) is 12.3. The Hall–Kier alpha value is -4.47. The van der Waals surface area contributed by atoms with Gasteiger partial charge < -0.3 is 29.6 Å². The lowest BCUT2D eigenvalue weighted by atomic mass is 9.83. The van der Waals surface area contributed by atoms with Gasteiger partial charge in [-0.1, -0.05) is 41.4 Å². The maximum Gasteiger partial charge on any atom is 0.257 e. The lowest BCUT2D eigenvalue weighted by Crippen LogP contribution is -2.47. The highest BCUT2D eigenvalue weighted by molar-refractivity contribution is 6.34. The molecule has 3 heterocycles. The van der Waals surface area contributed by atoms with Crippen LogP contribution in [0.15, 0.2) is 77.6 Å². The van der Waals surface area contributed by atoms with Gasteiger partial charge >= 0.3 is 0 Å². The third-order valence-corrected chi connectivity index (χ3v) is 8.79. The van der Waals surface area contributed by atoms with Crippen LogP contribution in [0.1, 0.15) is 38.7 Å². The van der Waals surface area contributed by atoms with E-state index in [2.05, 4.69) is 15.5 Å². The van der Waals surface area contributed by atoms with Crippen molar-refractivity contribution in [1.82, 2.24) is 4.57 Å². The second-order valence-corrected chi connectivity index (χ2v) is 11.7. The van der Waals surface area contributed by atoms with Crippen LogP contribution in [-0.4, -0.2) is 43.7 Å². The van der Waals surface area contributed by atoms with Crippen molar-refractivity contribution in [3.05, 3.63) is 110 Å². The summed E-state index contributed by atoms with van der Waals surface area (Å²) in [5.41, 5.74) is 3.27. The fourth-order valence-electron chi connectivity index (χ4n) is 6.13. The zero-order valence-corrected chi connectivity index (χ0v) is 25.6. The van der Waals surface area contributed by atoms with Gasteiger partial charge in [0.2, 0.25) is 0 Å². The average molecular weight is 634 g/mol. The standard InChI is InChI=1S/C33H30Cl2N4O5/c1-43-29-15-30(44-2)26(14-24(29)35)37-32(41)20-10-11-28(25(13-20)36-33(42)22-6-3-4-7-23(22)34)38-16-19-12-21(18-38)27-8-5-9-31(40)39(27)17-19/h3-11,13-15,19,21H,12,16-18H2,1-2H3,(H,36,42)(H,37,41). The first-order valence-electron chi connectivity index (χ1n) is 14.1. The number of piperidine rings is 1. The molecule has 44 heavy (non-hydrogen) atoms. The van der Waals surface area contributed by atoms with Gasteiger partial charge in [0.1, 0.15) is 11.5 Å². The first-order valence-corrected chi connectivity index (χ1v) is 14.9. The minimum atomic E-state index is -0.423. The number of hydrogen-bond acceptors (Lipinski definition) is 6. The molecule has 11 heteroatoms. The van der Waals surface area contributed by atoms with Crippen LogP contribution < -0.4 is 30.6 Å². The summed E-state index contributed by atoms with van der Waals surface area (Å²) in [4.78, 5) is 41.7. The minimum absolute atomic E-state index is 0.0171. The van der Waals surface area contributed by atoms with Gasteiger partial charge in [-0.25, -0.2) is 0 Å². The number of nitrogens with one attached hydrogen (secondary N) is 2. The number of fused-ring (bicyclic) bond motifs is 4. The lowest BCUT2D eigenvalue weighted by Gasteiger charge is -2.44. The normalized spacial score (nSPS) is 17.0.